The second-order valence-electron chi connectivity index (χ2n) is 5.77. The van der Waals surface area contributed by atoms with Gasteiger partial charge < -0.3 is 9.72 Å². The van der Waals surface area contributed by atoms with Gasteiger partial charge in [0.05, 0.1) is 12.6 Å². The summed E-state index contributed by atoms with van der Waals surface area (Å²) in [6, 6.07) is 6.61. The number of carbonyl (C=O) groups is 1. The van der Waals surface area contributed by atoms with Gasteiger partial charge in [-0.15, -0.1) is 5.54 Å². The van der Waals surface area contributed by atoms with E-state index in [1.165, 1.54) is 13.2 Å². The van der Waals surface area contributed by atoms with Crippen molar-refractivity contribution in [1.29, 1.82) is 0 Å². The molecule has 0 atom stereocenters. The Kier molecular flexibility index (Phi) is 4.01. The molecule has 2 rings (SSSR count). The molecule has 1 aromatic heterocycles. The van der Waals surface area contributed by atoms with Crippen LogP contribution < -0.4 is 5.43 Å². The highest BCUT2D eigenvalue weighted by Crippen LogP contribution is 2.14. The molecule has 1 aromatic carbocycles. The van der Waals surface area contributed by atoms with Crippen molar-refractivity contribution >= 4 is 24.9 Å². The van der Waals surface area contributed by atoms with Crippen LogP contribution in [0.25, 0.3) is 10.9 Å². The maximum atomic E-state index is 12.1. The van der Waals surface area contributed by atoms with E-state index in [9.17, 15) is 9.59 Å². The minimum Gasteiger partial charge on any atom is -0.464 e. The number of rotatable bonds is 1. The topological polar surface area (TPSA) is 59.2 Å². The molecule has 0 saturated carbocycles. The average Bonchev–Trinajstić information content (AvgIpc) is 2.43. The van der Waals surface area contributed by atoms with Crippen molar-refractivity contribution in [3.05, 3.63) is 45.7 Å². The highest BCUT2D eigenvalue weighted by atomic mass is 28.3. The van der Waals surface area contributed by atoms with Gasteiger partial charge in [-0.1, -0.05) is 31.6 Å². The first kappa shape index (κ1) is 15.1. The predicted molar refractivity (Wildman–Crippen MR) is 86.1 cm³/mol. The third kappa shape index (κ3) is 3.41. The number of H-pyrrole nitrogens is 1. The summed E-state index contributed by atoms with van der Waals surface area (Å²) in [5.41, 5.74) is 4.48. The molecule has 0 saturated heterocycles. The summed E-state index contributed by atoms with van der Waals surface area (Å²) in [5, 5.41) is 0.519. The molecule has 5 heteroatoms. The average molecular weight is 299 g/mol. The Labute approximate surface area is 124 Å². The van der Waals surface area contributed by atoms with Crippen molar-refractivity contribution in [1.82, 2.24) is 4.98 Å². The monoisotopic (exact) mass is 299 g/mol. The van der Waals surface area contributed by atoms with Crippen LogP contribution in [0.15, 0.2) is 29.1 Å². The van der Waals surface area contributed by atoms with Crippen molar-refractivity contribution in [2.75, 3.05) is 7.11 Å². The zero-order valence-corrected chi connectivity index (χ0v) is 13.5. The van der Waals surface area contributed by atoms with E-state index >= 15 is 0 Å². The van der Waals surface area contributed by atoms with Gasteiger partial charge in [0.1, 0.15) is 13.8 Å². The number of hydrogen-bond acceptors (Lipinski definition) is 3. The van der Waals surface area contributed by atoms with Crippen molar-refractivity contribution in [2.45, 2.75) is 19.6 Å². The molecule has 0 aliphatic carbocycles. The number of ether oxygens (including phenoxy) is 1. The van der Waals surface area contributed by atoms with E-state index in [2.05, 4.69) is 40.8 Å². The lowest BCUT2D eigenvalue weighted by Crippen LogP contribution is -2.16. The molecule has 108 valence electrons. The quantitative estimate of drug-likeness (QED) is 0.500. The Balaban J connectivity index is 2.72. The molecule has 0 aliphatic rings. The first-order valence-electron chi connectivity index (χ1n) is 6.59. The Hall–Kier alpha value is -2.32. The molecule has 1 N–H and O–H groups in total. The van der Waals surface area contributed by atoms with Crippen LogP contribution in [-0.2, 0) is 4.74 Å². The first-order chi connectivity index (χ1) is 9.81. The fraction of sp³-hybridized carbons (Fsp3) is 0.250. The maximum absolute atomic E-state index is 12.1. The SMILES string of the molecule is COC(=O)c1cc(=O)c2cccc(C#C[Si](C)(C)C)c2[nH]1. The minimum atomic E-state index is -1.53. The van der Waals surface area contributed by atoms with E-state index < -0.39 is 14.0 Å². The summed E-state index contributed by atoms with van der Waals surface area (Å²) in [6.45, 7) is 6.44. The third-order valence-electron chi connectivity index (χ3n) is 2.84. The number of pyridine rings is 1. The Morgan fingerprint density at radius 3 is 2.62 bits per heavy atom. The molecule has 0 spiro atoms. The lowest BCUT2D eigenvalue weighted by molar-refractivity contribution is 0.0594. The fourth-order valence-corrected chi connectivity index (χ4v) is 2.36. The predicted octanol–water partition coefficient (Wildman–Crippen LogP) is 2.54. The Bertz CT molecular complexity index is 819. The van der Waals surface area contributed by atoms with E-state index in [-0.39, 0.29) is 11.1 Å². The number of fused-ring (bicyclic) bond motifs is 1. The minimum absolute atomic E-state index is 0.136. The van der Waals surface area contributed by atoms with Gasteiger partial charge in [0, 0.05) is 17.0 Å². The molecule has 0 bridgehead atoms. The second kappa shape index (κ2) is 5.58. The van der Waals surface area contributed by atoms with Crippen LogP contribution in [0.5, 0.6) is 0 Å². The smallest absolute Gasteiger partial charge is 0.354 e. The van der Waals surface area contributed by atoms with E-state index in [4.69, 9.17) is 0 Å². The molecular weight excluding hydrogens is 282 g/mol. The summed E-state index contributed by atoms with van der Waals surface area (Å²) >= 11 is 0. The zero-order valence-electron chi connectivity index (χ0n) is 12.5. The summed E-state index contributed by atoms with van der Waals surface area (Å²) in [4.78, 5) is 26.7. The third-order valence-corrected chi connectivity index (χ3v) is 3.72. The van der Waals surface area contributed by atoms with Crippen LogP contribution in [0.3, 0.4) is 0 Å². The standard InChI is InChI=1S/C16H17NO3Si/c1-20-16(19)13-10-14(18)12-7-5-6-11(15(12)17-13)8-9-21(2,3)4/h5-7,10H,1-4H3,(H,17,18). The van der Waals surface area contributed by atoms with Gasteiger partial charge in [-0.05, 0) is 12.1 Å². The molecule has 0 radical (unpaired) electrons. The lowest BCUT2D eigenvalue weighted by atomic mass is 10.1. The maximum Gasteiger partial charge on any atom is 0.354 e. The van der Waals surface area contributed by atoms with Gasteiger partial charge in [-0.2, -0.15) is 0 Å². The van der Waals surface area contributed by atoms with Crippen molar-refractivity contribution in [3.63, 3.8) is 0 Å². The summed E-state index contributed by atoms with van der Waals surface area (Å²) in [6.07, 6.45) is 0. The van der Waals surface area contributed by atoms with Gasteiger partial charge in [0.15, 0.2) is 5.43 Å². The van der Waals surface area contributed by atoms with E-state index in [0.717, 1.165) is 5.56 Å². The Morgan fingerprint density at radius 1 is 1.29 bits per heavy atom. The first-order valence-corrected chi connectivity index (χ1v) is 10.1. The fourth-order valence-electron chi connectivity index (χ4n) is 1.85. The highest BCUT2D eigenvalue weighted by Gasteiger charge is 2.12. The molecule has 0 amide bonds. The zero-order chi connectivity index (χ0) is 15.6. The number of nitrogens with one attached hydrogen (secondary N) is 1. The summed E-state index contributed by atoms with van der Waals surface area (Å²) in [7, 11) is -0.248. The molecule has 21 heavy (non-hydrogen) atoms. The largest absolute Gasteiger partial charge is 0.464 e. The van der Waals surface area contributed by atoms with Crippen LogP contribution in [0.4, 0.5) is 0 Å². The van der Waals surface area contributed by atoms with Crippen molar-refractivity contribution < 1.29 is 9.53 Å². The van der Waals surface area contributed by atoms with Crippen molar-refractivity contribution in [3.8, 4) is 11.5 Å². The Morgan fingerprint density at radius 2 is 2.00 bits per heavy atom. The van der Waals surface area contributed by atoms with Gasteiger partial charge in [0.2, 0.25) is 0 Å². The molecule has 0 aliphatic heterocycles. The van der Waals surface area contributed by atoms with Gasteiger partial charge in [-0.3, -0.25) is 4.79 Å². The second-order valence-corrected chi connectivity index (χ2v) is 10.5. The lowest BCUT2D eigenvalue weighted by Gasteiger charge is -2.06. The number of esters is 1. The van der Waals surface area contributed by atoms with Gasteiger partial charge in [0.25, 0.3) is 0 Å². The number of hydrogen-bond donors (Lipinski definition) is 1. The van der Waals surface area contributed by atoms with E-state index in [1.54, 1.807) is 12.1 Å². The van der Waals surface area contributed by atoms with Crippen molar-refractivity contribution in [2.24, 2.45) is 0 Å². The van der Waals surface area contributed by atoms with Gasteiger partial charge in [-0.25, -0.2) is 4.79 Å². The number of aromatic nitrogens is 1. The number of benzene rings is 1. The highest BCUT2D eigenvalue weighted by molar-refractivity contribution is 6.83. The summed E-state index contributed by atoms with van der Waals surface area (Å²) in [5.74, 6) is 2.56. The number of para-hydroxylation sites is 1. The summed E-state index contributed by atoms with van der Waals surface area (Å²) < 4.78 is 4.66. The number of carbonyl (C=O) groups excluding carboxylic acids is 1. The van der Waals surface area contributed by atoms with E-state index in [0.29, 0.717) is 10.9 Å². The number of methoxy groups -OCH3 is 1. The van der Waals surface area contributed by atoms with Gasteiger partial charge >= 0.3 is 5.97 Å². The molecule has 2 aromatic rings. The number of aromatic amines is 1. The van der Waals surface area contributed by atoms with Crippen LogP contribution in [0, 0.1) is 11.5 Å². The van der Waals surface area contributed by atoms with E-state index in [1.807, 2.05) is 6.07 Å². The molecular formula is C16H17NO3Si. The van der Waals surface area contributed by atoms with Crippen LogP contribution in [-0.4, -0.2) is 26.1 Å². The molecule has 0 unspecified atom stereocenters. The normalized spacial score (nSPS) is 10.9. The molecule has 1 heterocycles. The van der Waals surface area contributed by atoms with Crippen LogP contribution in [0.1, 0.15) is 16.1 Å². The molecule has 4 nitrogen and oxygen atoms in total. The van der Waals surface area contributed by atoms with Crippen LogP contribution >= 0.6 is 0 Å². The van der Waals surface area contributed by atoms with Crippen LogP contribution in [0.2, 0.25) is 19.6 Å². The molecule has 0 fully saturated rings.